The normalized spacial score (nSPS) is 26.9. The highest BCUT2D eigenvalue weighted by atomic mass is 16.3. The van der Waals surface area contributed by atoms with E-state index in [0.717, 1.165) is 25.0 Å². The fraction of sp³-hybridized carbons (Fsp3) is 0.750. The fourth-order valence-corrected chi connectivity index (χ4v) is 2.45. The maximum absolute atomic E-state index is 9.99. The summed E-state index contributed by atoms with van der Waals surface area (Å²) in [5.41, 5.74) is 3.55. The lowest BCUT2D eigenvalue weighted by Crippen LogP contribution is -2.29. The van der Waals surface area contributed by atoms with Gasteiger partial charge in [0.15, 0.2) is 0 Å². The molecule has 3 nitrogen and oxygen atoms in total. The van der Waals surface area contributed by atoms with E-state index in [4.69, 9.17) is 0 Å². The van der Waals surface area contributed by atoms with Crippen molar-refractivity contribution in [3.8, 4) is 0 Å². The summed E-state index contributed by atoms with van der Waals surface area (Å²) >= 11 is 0. The number of aliphatic hydroxyl groups is 1. The van der Waals surface area contributed by atoms with Crippen LogP contribution in [0.3, 0.4) is 0 Å². The molecule has 1 aromatic heterocycles. The smallest absolute Gasteiger partial charge is 0.0781 e. The fourth-order valence-electron chi connectivity index (χ4n) is 2.45. The van der Waals surface area contributed by atoms with Crippen LogP contribution >= 0.6 is 0 Å². The zero-order valence-corrected chi connectivity index (χ0v) is 9.82. The number of aryl methyl sites for hydroxylation is 1. The number of hydrogen-bond acceptors (Lipinski definition) is 2. The molecule has 0 bridgehead atoms. The molecule has 1 aromatic rings. The predicted molar refractivity (Wildman–Crippen MR) is 59.9 cm³/mol. The lowest BCUT2D eigenvalue weighted by atomic mass is 9.92. The van der Waals surface area contributed by atoms with Gasteiger partial charge >= 0.3 is 0 Å². The summed E-state index contributed by atoms with van der Waals surface area (Å²) in [5, 5.41) is 14.5. The molecule has 1 fully saturated rings. The Morgan fingerprint density at radius 1 is 1.20 bits per heavy atom. The second-order valence-electron chi connectivity index (χ2n) is 4.66. The molecule has 84 valence electrons. The Morgan fingerprint density at radius 3 is 2.40 bits per heavy atom. The molecular formula is C12H20N2O. The van der Waals surface area contributed by atoms with Gasteiger partial charge in [0.05, 0.1) is 17.8 Å². The molecule has 15 heavy (non-hydrogen) atoms. The quantitative estimate of drug-likeness (QED) is 0.769. The Balaban J connectivity index is 2.31. The van der Waals surface area contributed by atoms with Gasteiger partial charge in [-0.3, -0.25) is 4.68 Å². The molecule has 2 atom stereocenters. The summed E-state index contributed by atoms with van der Waals surface area (Å²) in [4.78, 5) is 0. The monoisotopic (exact) mass is 208 g/mol. The van der Waals surface area contributed by atoms with E-state index in [9.17, 15) is 5.11 Å². The van der Waals surface area contributed by atoms with E-state index < -0.39 is 0 Å². The molecule has 1 saturated carbocycles. The molecule has 0 saturated heterocycles. The molecule has 1 unspecified atom stereocenters. The highest BCUT2D eigenvalue weighted by Gasteiger charge is 2.27. The van der Waals surface area contributed by atoms with E-state index in [1.807, 2.05) is 11.6 Å². The Hall–Kier alpha value is -0.830. The van der Waals surface area contributed by atoms with Crippen molar-refractivity contribution in [1.82, 2.24) is 9.78 Å². The van der Waals surface area contributed by atoms with Crippen LogP contribution in [0.1, 0.15) is 48.7 Å². The molecule has 2 rings (SSSR count). The van der Waals surface area contributed by atoms with Gasteiger partial charge in [0.1, 0.15) is 0 Å². The topological polar surface area (TPSA) is 38.0 Å². The zero-order chi connectivity index (χ0) is 11.0. The lowest BCUT2D eigenvalue weighted by Gasteiger charge is -2.28. The maximum atomic E-state index is 9.99. The van der Waals surface area contributed by atoms with E-state index in [1.54, 1.807) is 0 Å². The Bertz CT molecular complexity index is 357. The first-order valence-electron chi connectivity index (χ1n) is 5.81. The highest BCUT2D eigenvalue weighted by molar-refractivity contribution is 5.22. The molecule has 1 aliphatic rings. The average Bonchev–Trinajstić information content (AvgIpc) is 2.47. The molecule has 1 N–H and O–H groups in total. The van der Waals surface area contributed by atoms with Gasteiger partial charge < -0.3 is 5.11 Å². The molecule has 0 aromatic carbocycles. The van der Waals surface area contributed by atoms with Gasteiger partial charge in [0.2, 0.25) is 0 Å². The van der Waals surface area contributed by atoms with Crippen molar-refractivity contribution in [2.45, 2.75) is 58.6 Å². The second kappa shape index (κ2) is 3.97. The van der Waals surface area contributed by atoms with E-state index in [1.165, 1.54) is 17.7 Å². The van der Waals surface area contributed by atoms with Crippen molar-refractivity contribution >= 4 is 0 Å². The molecule has 1 heterocycles. The van der Waals surface area contributed by atoms with Crippen LogP contribution in [0.2, 0.25) is 0 Å². The minimum atomic E-state index is -0.212. The number of aliphatic hydroxyl groups excluding tert-OH is 1. The molecule has 3 heteroatoms. The lowest BCUT2D eigenvalue weighted by molar-refractivity contribution is 0.0682. The third-order valence-electron chi connectivity index (χ3n) is 3.69. The van der Waals surface area contributed by atoms with Crippen molar-refractivity contribution in [3.63, 3.8) is 0 Å². The summed E-state index contributed by atoms with van der Waals surface area (Å²) in [6.07, 6.45) is 4.12. The Morgan fingerprint density at radius 2 is 1.87 bits per heavy atom. The van der Waals surface area contributed by atoms with Crippen LogP contribution in [-0.4, -0.2) is 21.0 Å². The van der Waals surface area contributed by atoms with Crippen LogP contribution in [-0.2, 0) is 0 Å². The summed E-state index contributed by atoms with van der Waals surface area (Å²) in [6, 6.07) is 0.200. The van der Waals surface area contributed by atoms with Gasteiger partial charge in [-0.05, 0) is 39.2 Å². The van der Waals surface area contributed by atoms with Crippen LogP contribution in [0.5, 0.6) is 0 Å². The maximum Gasteiger partial charge on any atom is 0.0781 e. The summed E-state index contributed by atoms with van der Waals surface area (Å²) in [7, 11) is 0. The van der Waals surface area contributed by atoms with Crippen molar-refractivity contribution < 1.29 is 5.11 Å². The van der Waals surface area contributed by atoms with E-state index in [2.05, 4.69) is 18.9 Å². The van der Waals surface area contributed by atoms with Crippen LogP contribution in [0.4, 0.5) is 0 Å². The Labute approximate surface area is 91.1 Å². The van der Waals surface area contributed by atoms with Crippen LogP contribution in [0.15, 0.2) is 0 Å². The minimum Gasteiger partial charge on any atom is -0.391 e. The van der Waals surface area contributed by atoms with Crippen LogP contribution < -0.4 is 0 Å². The summed E-state index contributed by atoms with van der Waals surface area (Å²) in [5.74, 6) is 0. The molecule has 0 aliphatic heterocycles. The SMILES string of the molecule is Cc1nn(C2CCCC[C@@H]2O)c(C)c1C. The second-order valence-corrected chi connectivity index (χ2v) is 4.66. The van der Waals surface area contributed by atoms with Crippen molar-refractivity contribution in [2.24, 2.45) is 0 Å². The van der Waals surface area contributed by atoms with Crippen LogP contribution in [0.25, 0.3) is 0 Å². The van der Waals surface area contributed by atoms with Gasteiger partial charge in [0, 0.05) is 5.69 Å². The number of nitrogens with zero attached hydrogens (tertiary/aromatic N) is 2. The van der Waals surface area contributed by atoms with E-state index >= 15 is 0 Å². The van der Waals surface area contributed by atoms with E-state index in [0.29, 0.717) is 0 Å². The minimum absolute atomic E-state index is 0.200. The largest absolute Gasteiger partial charge is 0.391 e. The average molecular weight is 208 g/mol. The van der Waals surface area contributed by atoms with Crippen molar-refractivity contribution in [1.29, 1.82) is 0 Å². The van der Waals surface area contributed by atoms with Gasteiger partial charge in [-0.1, -0.05) is 12.8 Å². The van der Waals surface area contributed by atoms with Crippen molar-refractivity contribution in [2.75, 3.05) is 0 Å². The van der Waals surface area contributed by atoms with Gasteiger partial charge in [-0.25, -0.2) is 0 Å². The number of rotatable bonds is 1. The van der Waals surface area contributed by atoms with Crippen LogP contribution in [0, 0.1) is 20.8 Å². The first-order valence-corrected chi connectivity index (χ1v) is 5.81. The molecule has 0 spiro atoms. The number of aromatic nitrogens is 2. The summed E-state index contributed by atoms with van der Waals surface area (Å²) < 4.78 is 2.04. The standard InChI is InChI=1S/C12H20N2O/c1-8-9(2)13-14(10(8)3)11-6-4-5-7-12(11)15/h11-12,15H,4-7H2,1-3H3/t11?,12-/m0/s1. The number of hydrogen-bond donors (Lipinski definition) is 1. The Kier molecular flexibility index (Phi) is 2.83. The molecule has 1 aliphatic carbocycles. The summed E-state index contributed by atoms with van der Waals surface area (Å²) in [6.45, 7) is 6.23. The predicted octanol–water partition coefficient (Wildman–Crippen LogP) is 2.28. The molecule has 0 radical (unpaired) electrons. The van der Waals surface area contributed by atoms with E-state index in [-0.39, 0.29) is 12.1 Å². The third kappa shape index (κ3) is 1.81. The van der Waals surface area contributed by atoms with Crippen molar-refractivity contribution in [3.05, 3.63) is 17.0 Å². The van der Waals surface area contributed by atoms with Gasteiger partial charge in [0.25, 0.3) is 0 Å². The van der Waals surface area contributed by atoms with Gasteiger partial charge in [-0.2, -0.15) is 5.10 Å². The molecular weight excluding hydrogens is 188 g/mol. The molecule has 0 amide bonds. The highest BCUT2D eigenvalue weighted by Crippen LogP contribution is 2.30. The first-order chi connectivity index (χ1) is 7.11. The zero-order valence-electron chi connectivity index (χ0n) is 9.82. The first kappa shape index (κ1) is 10.7. The van der Waals surface area contributed by atoms with Gasteiger partial charge in [-0.15, -0.1) is 0 Å². The third-order valence-corrected chi connectivity index (χ3v) is 3.69.